The zero-order valence-corrected chi connectivity index (χ0v) is 16.7. The number of aryl methyl sites for hydroxylation is 1. The maximum Gasteiger partial charge on any atom is 0.231 e. The van der Waals surface area contributed by atoms with E-state index < -0.39 is 0 Å². The van der Waals surface area contributed by atoms with Crippen molar-refractivity contribution in [3.8, 4) is 0 Å². The summed E-state index contributed by atoms with van der Waals surface area (Å²) in [6.07, 6.45) is 7.40. The smallest absolute Gasteiger partial charge is 0.231 e. The quantitative estimate of drug-likeness (QED) is 0.864. The number of rotatable bonds is 2. The Morgan fingerprint density at radius 3 is 2.46 bits per heavy atom. The third-order valence-corrected chi connectivity index (χ3v) is 7.50. The van der Waals surface area contributed by atoms with Gasteiger partial charge in [-0.25, -0.2) is 0 Å². The number of amides is 1. The first-order chi connectivity index (χ1) is 12.5. The largest absolute Gasteiger partial charge is 0.351 e. The van der Waals surface area contributed by atoms with Gasteiger partial charge >= 0.3 is 0 Å². The molecule has 1 aromatic carbocycles. The molecule has 0 aromatic heterocycles. The normalized spacial score (nSPS) is 28.8. The number of carbonyl (C=O) groups excluding carboxylic acids is 1. The zero-order valence-electron chi connectivity index (χ0n) is 16.7. The van der Waals surface area contributed by atoms with Crippen LogP contribution in [0.1, 0.15) is 69.1 Å². The summed E-state index contributed by atoms with van der Waals surface area (Å²) in [4.78, 5) is 15.6. The predicted octanol–water partition coefficient (Wildman–Crippen LogP) is 4.17. The van der Waals surface area contributed by atoms with Crippen LogP contribution in [0.25, 0.3) is 0 Å². The van der Waals surface area contributed by atoms with Crippen LogP contribution in [0.3, 0.4) is 0 Å². The fourth-order valence-corrected chi connectivity index (χ4v) is 5.70. The van der Waals surface area contributed by atoms with E-state index in [9.17, 15) is 4.79 Å². The Kier molecular flexibility index (Phi) is 4.85. The SMILES string of the molecule is Cc1ccc2c(c1)CNC(=O)C21CCN(C2CCC(C(C)C)CC2)CC1. The van der Waals surface area contributed by atoms with E-state index in [2.05, 4.69) is 49.2 Å². The lowest BCUT2D eigenvalue weighted by atomic mass is 9.68. The van der Waals surface area contributed by atoms with Crippen LogP contribution >= 0.6 is 0 Å². The van der Waals surface area contributed by atoms with Gasteiger partial charge in [-0.3, -0.25) is 4.79 Å². The molecule has 0 radical (unpaired) electrons. The Morgan fingerprint density at radius 2 is 1.81 bits per heavy atom. The molecule has 1 saturated heterocycles. The highest BCUT2D eigenvalue weighted by Gasteiger charge is 2.46. The number of piperidine rings is 1. The fourth-order valence-electron chi connectivity index (χ4n) is 5.70. The lowest BCUT2D eigenvalue weighted by molar-refractivity contribution is -0.130. The first kappa shape index (κ1) is 18.0. The summed E-state index contributed by atoms with van der Waals surface area (Å²) in [7, 11) is 0. The molecular formula is C23H34N2O. The standard InChI is InChI=1S/C23H34N2O/c1-16(2)18-5-7-20(8-6-18)25-12-10-23(11-13-25)21-9-4-17(3)14-19(21)15-24-22(23)26/h4,9,14,16,18,20H,5-8,10-13,15H2,1-3H3,(H,24,26). The molecule has 142 valence electrons. The van der Waals surface area contributed by atoms with Gasteiger partial charge < -0.3 is 10.2 Å². The summed E-state index contributed by atoms with van der Waals surface area (Å²) in [5.41, 5.74) is 3.63. The molecule has 3 nitrogen and oxygen atoms in total. The monoisotopic (exact) mass is 354 g/mol. The van der Waals surface area contributed by atoms with Crippen molar-refractivity contribution in [2.24, 2.45) is 11.8 Å². The minimum absolute atomic E-state index is 0.261. The van der Waals surface area contributed by atoms with Crippen LogP contribution in [0.15, 0.2) is 18.2 Å². The molecule has 1 saturated carbocycles. The second kappa shape index (κ2) is 6.99. The second-order valence-electron chi connectivity index (χ2n) is 9.27. The number of carbonyl (C=O) groups is 1. The summed E-state index contributed by atoms with van der Waals surface area (Å²) in [5, 5.41) is 3.18. The third-order valence-electron chi connectivity index (χ3n) is 7.50. The molecule has 0 atom stereocenters. The topological polar surface area (TPSA) is 32.3 Å². The van der Waals surface area contributed by atoms with Crippen LogP contribution in [0.5, 0.6) is 0 Å². The van der Waals surface area contributed by atoms with Crippen LogP contribution in [0.2, 0.25) is 0 Å². The Balaban J connectivity index is 1.46. The fraction of sp³-hybridized carbons (Fsp3) is 0.696. The molecule has 1 aliphatic carbocycles. The van der Waals surface area contributed by atoms with Crippen LogP contribution in [-0.4, -0.2) is 29.9 Å². The molecule has 1 N–H and O–H groups in total. The van der Waals surface area contributed by atoms with Crippen molar-refractivity contribution in [1.29, 1.82) is 0 Å². The van der Waals surface area contributed by atoms with E-state index in [4.69, 9.17) is 0 Å². The highest BCUT2D eigenvalue weighted by Crippen LogP contribution is 2.42. The molecule has 0 bridgehead atoms. The van der Waals surface area contributed by atoms with Gasteiger partial charge in [0.2, 0.25) is 5.91 Å². The average molecular weight is 355 g/mol. The minimum Gasteiger partial charge on any atom is -0.351 e. The molecule has 2 fully saturated rings. The molecule has 3 aliphatic rings. The van der Waals surface area contributed by atoms with Crippen molar-refractivity contribution < 1.29 is 4.79 Å². The van der Waals surface area contributed by atoms with Crippen LogP contribution in [0, 0.1) is 18.8 Å². The highest BCUT2D eigenvalue weighted by atomic mass is 16.2. The number of nitrogens with one attached hydrogen (secondary N) is 1. The van der Waals surface area contributed by atoms with E-state index in [0.29, 0.717) is 6.54 Å². The van der Waals surface area contributed by atoms with Crippen molar-refractivity contribution in [1.82, 2.24) is 10.2 Å². The third kappa shape index (κ3) is 3.09. The molecule has 1 amide bonds. The number of nitrogens with zero attached hydrogens (tertiary/aromatic N) is 1. The van der Waals surface area contributed by atoms with Gasteiger partial charge in [-0.2, -0.15) is 0 Å². The molecule has 1 aromatic rings. The maximum atomic E-state index is 12.9. The predicted molar refractivity (Wildman–Crippen MR) is 106 cm³/mol. The summed E-state index contributed by atoms with van der Waals surface area (Å²) >= 11 is 0. The van der Waals surface area contributed by atoms with Crippen molar-refractivity contribution >= 4 is 5.91 Å². The first-order valence-electron chi connectivity index (χ1n) is 10.6. The molecule has 26 heavy (non-hydrogen) atoms. The van der Waals surface area contributed by atoms with E-state index in [-0.39, 0.29) is 11.3 Å². The van der Waals surface area contributed by atoms with E-state index in [1.807, 2.05) is 0 Å². The molecular weight excluding hydrogens is 320 g/mol. The second-order valence-corrected chi connectivity index (χ2v) is 9.27. The number of fused-ring (bicyclic) bond motifs is 2. The number of benzene rings is 1. The Hall–Kier alpha value is -1.35. The van der Waals surface area contributed by atoms with Gasteiger partial charge in [0.25, 0.3) is 0 Å². The van der Waals surface area contributed by atoms with E-state index >= 15 is 0 Å². The van der Waals surface area contributed by atoms with Crippen LogP contribution < -0.4 is 5.32 Å². The summed E-state index contributed by atoms with van der Waals surface area (Å²) in [6.45, 7) is 9.71. The van der Waals surface area contributed by atoms with Crippen LogP contribution in [-0.2, 0) is 16.8 Å². The van der Waals surface area contributed by atoms with Gasteiger partial charge in [0.05, 0.1) is 5.41 Å². The van der Waals surface area contributed by atoms with Crippen molar-refractivity contribution in [2.45, 2.75) is 77.3 Å². The summed E-state index contributed by atoms with van der Waals surface area (Å²) < 4.78 is 0. The van der Waals surface area contributed by atoms with Gasteiger partial charge in [-0.05, 0) is 81.5 Å². The van der Waals surface area contributed by atoms with E-state index in [1.165, 1.54) is 42.4 Å². The Bertz CT molecular complexity index is 665. The number of hydrogen-bond acceptors (Lipinski definition) is 2. The molecule has 2 aliphatic heterocycles. The first-order valence-corrected chi connectivity index (χ1v) is 10.6. The molecule has 0 unspecified atom stereocenters. The van der Waals surface area contributed by atoms with Gasteiger partial charge in [0.15, 0.2) is 0 Å². The van der Waals surface area contributed by atoms with Gasteiger partial charge in [-0.15, -0.1) is 0 Å². The molecule has 4 rings (SSSR count). The Morgan fingerprint density at radius 1 is 1.12 bits per heavy atom. The lowest BCUT2D eigenvalue weighted by Gasteiger charge is -2.47. The number of hydrogen-bond donors (Lipinski definition) is 1. The van der Waals surface area contributed by atoms with Gasteiger partial charge in [0, 0.05) is 12.6 Å². The molecule has 2 heterocycles. The minimum atomic E-state index is -0.285. The van der Waals surface area contributed by atoms with Crippen molar-refractivity contribution in [3.63, 3.8) is 0 Å². The maximum absolute atomic E-state index is 12.9. The number of likely N-dealkylation sites (tertiary alicyclic amines) is 1. The molecule has 3 heteroatoms. The van der Waals surface area contributed by atoms with Crippen molar-refractivity contribution in [2.75, 3.05) is 13.1 Å². The Labute approximate surface area is 158 Å². The van der Waals surface area contributed by atoms with Gasteiger partial charge in [-0.1, -0.05) is 37.6 Å². The lowest BCUT2D eigenvalue weighted by Crippen LogP contribution is -2.56. The van der Waals surface area contributed by atoms with Crippen LogP contribution in [0.4, 0.5) is 0 Å². The summed E-state index contributed by atoms with van der Waals surface area (Å²) in [5.74, 6) is 2.00. The zero-order chi connectivity index (χ0) is 18.3. The van der Waals surface area contributed by atoms with E-state index in [0.717, 1.165) is 43.8 Å². The van der Waals surface area contributed by atoms with Gasteiger partial charge in [0.1, 0.15) is 0 Å². The summed E-state index contributed by atoms with van der Waals surface area (Å²) in [6, 6.07) is 7.41. The average Bonchev–Trinajstić information content (AvgIpc) is 2.65. The van der Waals surface area contributed by atoms with E-state index in [1.54, 1.807) is 0 Å². The molecule has 1 spiro atoms. The highest BCUT2D eigenvalue weighted by molar-refractivity contribution is 5.90. The van der Waals surface area contributed by atoms with Crippen molar-refractivity contribution in [3.05, 3.63) is 34.9 Å².